The molecule has 0 N–H and O–H groups in total. The van der Waals surface area contributed by atoms with E-state index in [1.165, 1.54) is 6.07 Å². The third-order valence-electron chi connectivity index (χ3n) is 4.06. The normalized spacial score (nSPS) is 20.2. The fraction of sp³-hybridized carbons (Fsp3) is 0.538. The first-order valence-corrected chi connectivity index (χ1v) is 6.57. The number of hydrogen-bond acceptors (Lipinski definition) is 4. The summed E-state index contributed by atoms with van der Waals surface area (Å²) in [6, 6.07) is 3.14. The van der Waals surface area contributed by atoms with Crippen LogP contribution in [0.4, 0.5) is 18.9 Å². The van der Waals surface area contributed by atoms with E-state index in [1.54, 1.807) is 27.7 Å². The van der Waals surface area contributed by atoms with Crippen LogP contribution in [-0.2, 0) is 15.5 Å². The number of alkyl halides is 3. The summed E-state index contributed by atoms with van der Waals surface area (Å²) < 4.78 is 51.0. The summed E-state index contributed by atoms with van der Waals surface area (Å²) in [5.74, 6) is 0. The third-order valence-corrected chi connectivity index (χ3v) is 4.06. The second-order valence-corrected chi connectivity index (χ2v) is 6.08. The highest BCUT2D eigenvalue weighted by molar-refractivity contribution is 6.62. The van der Waals surface area contributed by atoms with Gasteiger partial charge in [-0.1, -0.05) is 12.1 Å². The number of nitrogens with zero attached hydrogens (tertiary/aromatic N) is 1. The molecule has 0 unspecified atom stereocenters. The van der Waals surface area contributed by atoms with Crippen LogP contribution in [0.15, 0.2) is 18.2 Å². The van der Waals surface area contributed by atoms with Crippen LogP contribution >= 0.6 is 0 Å². The molecule has 22 heavy (non-hydrogen) atoms. The molecule has 0 atom stereocenters. The quantitative estimate of drug-likeness (QED) is 0.478. The van der Waals surface area contributed by atoms with Gasteiger partial charge in [-0.15, -0.1) is 0 Å². The van der Waals surface area contributed by atoms with Crippen molar-refractivity contribution in [3.05, 3.63) is 33.9 Å². The summed E-state index contributed by atoms with van der Waals surface area (Å²) in [7, 11) is -1.32. The van der Waals surface area contributed by atoms with Crippen LogP contribution < -0.4 is 5.46 Å². The zero-order chi connectivity index (χ0) is 16.9. The summed E-state index contributed by atoms with van der Waals surface area (Å²) in [6.45, 7) is 6.77. The van der Waals surface area contributed by atoms with E-state index >= 15 is 0 Å². The molecule has 1 aromatic carbocycles. The van der Waals surface area contributed by atoms with Crippen LogP contribution in [0.2, 0.25) is 0 Å². The second-order valence-electron chi connectivity index (χ2n) is 6.08. The molecule has 1 aliphatic rings. The minimum absolute atomic E-state index is 0.389. The lowest BCUT2D eigenvalue weighted by molar-refractivity contribution is -0.387. The van der Waals surface area contributed by atoms with Crippen molar-refractivity contribution in [2.75, 3.05) is 0 Å². The van der Waals surface area contributed by atoms with Crippen molar-refractivity contribution in [2.45, 2.75) is 45.1 Å². The van der Waals surface area contributed by atoms with E-state index in [0.717, 1.165) is 12.1 Å². The van der Waals surface area contributed by atoms with Crippen LogP contribution in [0.5, 0.6) is 0 Å². The highest BCUT2D eigenvalue weighted by atomic mass is 19.4. The molecule has 0 aliphatic carbocycles. The predicted molar refractivity (Wildman–Crippen MR) is 73.8 cm³/mol. The monoisotopic (exact) mass is 317 g/mol. The molecule has 0 spiro atoms. The summed E-state index contributed by atoms with van der Waals surface area (Å²) >= 11 is 0. The zero-order valence-electron chi connectivity index (χ0n) is 12.5. The van der Waals surface area contributed by atoms with Gasteiger partial charge in [0.1, 0.15) is 5.56 Å². The van der Waals surface area contributed by atoms with E-state index < -0.39 is 40.7 Å². The second kappa shape index (κ2) is 4.95. The van der Waals surface area contributed by atoms with Crippen molar-refractivity contribution in [2.24, 2.45) is 0 Å². The zero-order valence-corrected chi connectivity index (χ0v) is 12.5. The molecule has 1 fully saturated rings. The predicted octanol–water partition coefficient (Wildman–Crippen LogP) is 2.91. The topological polar surface area (TPSA) is 61.6 Å². The van der Waals surface area contributed by atoms with Crippen LogP contribution in [0.1, 0.15) is 33.3 Å². The summed E-state index contributed by atoms with van der Waals surface area (Å²) in [5.41, 5.74) is -4.42. The maximum atomic E-state index is 13.3. The van der Waals surface area contributed by atoms with Crippen LogP contribution in [0.3, 0.4) is 0 Å². The van der Waals surface area contributed by atoms with Crippen molar-refractivity contribution < 1.29 is 27.4 Å². The molecule has 1 aromatic rings. The summed E-state index contributed by atoms with van der Waals surface area (Å²) in [6.07, 6.45) is -4.89. The van der Waals surface area contributed by atoms with Gasteiger partial charge in [0, 0.05) is 11.5 Å². The Hall–Kier alpha value is -1.61. The molecule has 0 saturated carbocycles. The van der Waals surface area contributed by atoms with Gasteiger partial charge in [-0.3, -0.25) is 10.1 Å². The lowest BCUT2D eigenvalue weighted by atomic mass is 9.75. The average molecular weight is 317 g/mol. The lowest BCUT2D eigenvalue weighted by Gasteiger charge is -2.32. The van der Waals surface area contributed by atoms with Crippen molar-refractivity contribution in [1.82, 2.24) is 0 Å². The smallest absolute Gasteiger partial charge is 0.399 e. The number of hydrogen-bond donors (Lipinski definition) is 0. The molecule has 9 heteroatoms. The Kier molecular flexibility index (Phi) is 3.77. The van der Waals surface area contributed by atoms with Gasteiger partial charge in [-0.25, -0.2) is 0 Å². The maximum absolute atomic E-state index is 13.3. The molecule has 5 nitrogen and oxygen atoms in total. The van der Waals surface area contributed by atoms with Gasteiger partial charge in [0.05, 0.1) is 16.1 Å². The van der Waals surface area contributed by atoms with Gasteiger partial charge in [0.2, 0.25) is 0 Å². The van der Waals surface area contributed by atoms with Crippen LogP contribution in [0, 0.1) is 10.1 Å². The van der Waals surface area contributed by atoms with Crippen LogP contribution in [-0.4, -0.2) is 23.2 Å². The van der Waals surface area contributed by atoms with Gasteiger partial charge < -0.3 is 9.31 Å². The average Bonchev–Trinajstić information content (AvgIpc) is 2.56. The number of benzene rings is 1. The van der Waals surface area contributed by atoms with E-state index in [9.17, 15) is 23.3 Å². The van der Waals surface area contributed by atoms with E-state index in [2.05, 4.69) is 0 Å². The lowest BCUT2D eigenvalue weighted by Crippen LogP contribution is -2.41. The van der Waals surface area contributed by atoms with Crippen LogP contribution in [0.25, 0.3) is 0 Å². The molecule has 1 heterocycles. The fourth-order valence-corrected chi connectivity index (χ4v) is 2.18. The van der Waals surface area contributed by atoms with Gasteiger partial charge in [0.25, 0.3) is 5.69 Å². The number of nitro groups is 1. The first-order valence-electron chi connectivity index (χ1n) is 6.57. The van der Waals surface area contributed by atoms with Crippen molar-refractivity contribution >= 4 is 18.3 Å². The fourth-order valence-electron chi connectivity index (χ4n) is 2.18. The molecular weight excluding hydrogens is 302 g/mol. The third kappa shape index (κ3) is 2.70. The maximum Gasteiger partial charge on any atom is 0.495 e. The van der Waals surface area contributed by atoms with E-state index in [4.69, 9.17) is 9.31 Å². The molecular formula is C13H15BF3NO4. The highest BCUT2D eigenvalue weighted by Crippen LogP contribution is 2.40. The Labute approximate surface area is 125 Å². The molecule has 1 aliphatic heterocycles. The van der Waals surface area contributed by atoms with Gasteiger partial charge in [-0.05, 0) is 27.7 Å². The molecule has 1 saturated heterocycles. The summed E-state index contributed by atoms with van der Waals surface area (Å²) in [4.78, 5) is 9.86. The standard InChI is InChI=1S/C13H15BF3NO4/c1-11(2)12(3,4)22-14(21-11)8-6-5-7-9(18(19)20)10(8)13(15,16)17/h5-7H,1-4H3. The highest BCUT2D eigenvalue weighted by Gasteiger charge is 2.55. The largest absolute Gasteiger partial charge is 0.495 e. The molecule has 0 radical (unpaired) electrons. The number of halogens is 3. The van der Waals surface area contributed by atoms with E-state index in [0.29, 0.717) is 0 Å². The van der Waals surface area contributed by atoms with E-state index in [1.807, 2.05) is 0 Å². The van der Waals surface area contributed by atoms with Gasteiger partial charge in [-0.2, -0.15) is 13.2 Å². The Morgan fingerprint density at radius 1 is 1.14 bits per heavy atom. The molecule has 0 amide bonds. The first kappa shape index (κ1) is 16.8. The molecule has 0 aromatic heterocycles. The first-order chi connectivity index (χ1) is 9.87. The number of nitro benzene ring substituents is 1. The van der Waals surface area contributed by atoms with E-state index in [-0.39, 0.29) is 5.46 Å². The van der Waals surface area contributed by atoms with Crippen molar-refractivity contribution in [1.29, 1.82) is 0 Å². The van der Waals surface area contributed by atoms with Crippen molar-refractivity contribution in [3.8, 4) is 0 Å². The Balaban J connectivity index is 2.58. The van der Waals surface area contributed by atoms with Gasteiger partial charge >= 0.3 is 13.3 Å². The molecule has 0 bridgehead atoms. The minimum atomic E-state index is -4.89. The Bertz CT molecular complexity index is 600. The summed E-state index contributed by atoms with van der Waals surface area (Å²) in [5, 5.41) is 10.9. The Morgan fingerprint density at radius 3 is 2.05 bits per heavy atom. The van der Waals surface area contributed by atoms with Gasteiger partial charge in [0.15, 0.2) is 0 Å². The Morgan fingerprint density at radius 2 is 1.64 bits per heavy atom. The SMILES string of the molecule is CC1(C)OB(c2cccc([N+](=O)[O-])c2C(F)(F)F)OC1(C)C. The molecule has 2 rings (SSSR count). The number of rotatable bonds is 2. The minimum Gasteiger partial charge on any atom is -0.399 e. The molecule has 120 valence electrons. The van der Waals surface area contributed by atoms with Crippen molar-refractivity contribution in [3.63, 3.8) is 0 Å².